The van der Waals surface area contributed by atoms with Crippen molar-refractivity contribution in [2.75, 3.05) is 13.1 Å². The molecule has 0 fully saturated rings. The Morgan fingerprint density at radius 1 is 1.47 bits per heavy atom. The highest BCUT2D eigenvalue weighted by molar-refractivity contribution is 7.12. The number of carbonyl (C=O) groups is 2. The Morgan fingerprint density at radius 3 is 2.94 bits per heavy atom. The summed E-state index contributed by atoms with van der Waals surface area (Å²) in [6.07, 6.45) is 4.93. The number of hydrogen-bond acceptors (Lipinski definition) is 4. The third-order valence-corrected chi connectivity index (χ3v) is 3.30. The lowest BCUT2D eigenvalue weighted by atomic mass is 10.2. The zero-order valence-electron chi connectivity index (χ0n) is 9.00. The van der Waals surface area contributed by atoms with Crippen LogP contribution in [0.3, 0.4) is 0 Å². The minimum absolute atomic E-state index is 0.0105. The van der Waals surface area contributed by atoms with Crippen LogP contribution in [0.15, 0.2) is 41.4 Å². The number of carboxylic acids is 1. The number of Topliss-reactive ketones (excluding diaryl/α,β-unsaturated/α-hetero) is 1. The number of aliphatic carboxylic acids is 1. The van der Waals surface area contributed by atoms with Crippen molar-refractivity contribution in [3.8, 4) is 0 Å². The lowest BCUT2D eigenvalue weighted by Crippen LogP contribution is -2.30. The van der Waals surface area contributed by atoms with E-state index in [2.05, 4.69) is 0 Å². The first-order valence-electron chi connectivity index (χ1n) is 5.08. The molecule has 0 spiro atoms. The Kier molecular flexibility index (Phi) is 3.39. The molecular formula is C12H11NO3S. The summed E-state index contributed by atoms with van der Waals surface area (Å²) in [5.41, 5.74) is 0.298. The first kappa shape index (κ1) is 11.6. The molecule has 0 amide bonds. The molecular weight excluding hydrogens is 238 g/mol. The van der Waals surface area contributed by atoms with Crippen molar-refractivity contribution in [1.82, 2.24) is 4.90 Å². The van der Waals surface area contributed by atoms with Gasteiger partial charge in [0.25, 0.3) is 0 Å². The van der Waals surface area contributed by atoms with Gasteiger partial charge in [0.1, 0.15) is 0 Å². The van der Waals surface area contributed by atoms with Crippen molar-refractivity contribution in [2.24, 2.45) is 0 Å². The monoisotopic (exact) mass is 249 g/mol. The summed E-state index contributed by atoms with van der Waals surface area (Å²) in [6.45, 7) is 0.477. The minimum Gasteiger partial charge on any atom is -0.478 e. The molecule has 0 bridgehead atoms. The van der Waals surface area contributed by atoms with Crippen molar-refractivity contribution in [3.05, 3.63) is 46.3 Å². The summed E-state index contributed by atoms with van der Waals surface area (Å²) in [5, 5.41) is 10.7. The summed E-state index contributed by atoms with van der Waals surface area (Å²) in [4.78, 5) is 25.0. The molecule has 0 aliphatic carbocycles. The number of allylic oxidation sites excluding steroid dienone is 2. The highest BCUT2D eigenvalue weighted by atomic mass is 32.1. The molecule has 1 aliphatic rings. The average Bonchev–Trinajstić information content (AvgIpc) is 2.82. The molecule has 88 valence electrons. The second kappa shape index (κ2) is 4.97. The van der Waals surface area contributed by atoms with Gasteiger partial charge in [-0.15, -0.1) is 11.3 Å². The summed E-state index contributed by atoms with van der Waals surface area (Å²) in [6, 6.07) is 3.60. The van der Waals surface area contributed by atoms with Crippen molar-refractivity contribution in [2.45, 2.75) is 0 Å². The summed E-state index contributed by atoms with van der Waals surface area (Å²) < 4.78 is 0. The van der Waals surface area contributed by atoms with Crippen molar-refractivity contribution in [3.63, 3.8) is 0 Å². The van der Waals surface area contributed by atoms with E-state index in [1.807, 2.05) is 11.4 Å². The van der Waals surface area contributed by atoms with Crippen molar-refractivity contribution < 1.29 is 14.7 Å². The minimum atomic E-state index is -0.942. The van der Waals surface area contributed by atoms with Gasteiger partial charge in [-0.2, -0.15) is 0 Å². The predicted octanol–water partition coefficient (Wildman–Crippen LogP) is 1.77. The smallest absolute Gasteiger partial charge is 0.333 e. The van der Waals surface area contributed by atoms with E-state index in [1.54, 1.807) is 29.3 Å². The lowest BCUT2D eigenvalue weighted by molar-refractivity contribution is -0.132. The van der Waals surface area contributed by atoms with E-state index in [0.29, 0.717) is 10.5 Å². The van der Waals surface area contributed by atoms with Crippen LogP contribution < -0.4 is 0 Å². The van der Waals surface area contributed by atoms with Crippen LogP contribution in [-0.4, -0.2) is 34.8 Å². The highest BCUT2D eigenvalue weighted by Gasteiger charge is 2.16. The van der Waals surface area contributed by atoms with Crippen molar-refractivity contribution >= 4 is 23.1 Å². The molecule has 0 saturated heterocycles. The standard InChI is InChI=1S/C12H11NO3S/c14-10(11-4-2-6-17-11)8-13-5-1-3-9(7-13)12(15)16/h1-6H,7-8H2,(H,15,16). The van der Waals surface area contributed by atoms with Crippen molar-refractivity contribution in [1.29, 1.82) is 0 Å². The van der Waals surface area contributed by atoms with Gasteiger partial charge >= 0.3 is 5.97 Å². The molecule has 2 heterocycles. The predicted molar refractivity (Wildman–Crippen MR) is 65.1 cm³/mol. The fourth-order valence-electron chi connectivity index (χ4n) is 1.55. The van der Waals surface area contributed by atoms with Crippen LogP contribution in [0, 0.1) is 0 Å². The molecule has 5 heteroatoms. The van der Waals surface area contributed by atoms with E-state index in [9.17, 15) is 9.59 Å². The topological polar surface area (TPSA) is 57.6 Å². The molecule has 1 N–H and O–H groups in total. The molecule has 17 heavy (non-hydrogen) atoms. The maximum Gasteiger partial charge on any atom is 0.333 e. The molecule has 1 aliphatic heterocycles. The summed E-state index contributed by atoms with van der Waals surface area (Å²) in [5.74, 6) is -0.931. The zero-order chi connectivity index (χ0) is 12.3. The number of carbonyl (C=O) groups excluding carboxylic acids is 1. The number of hydrogen-bond donors (Lipinski definition) is 1. The second-order valence-corrected chi connectivity index (χ2v) is 4.59. The molecule has 0 radical (unpaired) electrons. The van der Waals surface area contributed by atoms with E-state index in [1.165, 1.54) is 11.3 Å². The van der Waals surface area contributed by atoms with Crippen LogP contribution in [0.2, 0.25) is 0 Å². The molecule has 1 aromatic rings. The van der Waals surface area contributed by atoms with Crippen LogP contribution >= 0.6 is 11.3 Å². The number of carboxylic acid groups (broad SMARTS) is 1. The maximum atomic E-state index is 11.8. The highest BCUT2D eigenvalue weighted by Crippen LogP contribution is 2.13. The fourth-order valence-corrected chi connectivity index (χ4v) is 2.21. The Bertz CT molecular complexity index is 488. The Morgan fingerprint density at radius 2 is 2.29 bits per heavy atom. The van der Waals surface area contributed by atoms with Gasteiger partial charge < -0.3 is 10.0 Å². The van der Waals surface area contributed by atoms with Gasteiger partial charge in [0.05, 0.1) is 23.5 Å². The summed E-state index contributed by atoms with van der Waals surface area (Å²) in [7, 11) is 0. The quantitative estimate of drug-likeness (QED) is 0.826. The number of ketones is 1. The van der Waals surface area contributed by atoms with Gasteiger partial charge in [0.2, 0.25) is 0 Å². The Balaban J connectivity index is 1.98. The Labute approximate surface area is 102 Å². The average molecular weight is 249 g/mol. The largest absolute Gasteiger partial charge is 0.478 e. The van der Waals surface area contributed by atoms with Crippen LogP contribution in [-0.2, 0) is 4.79 Å². The van der Waals surface area contributed by atoms with Gasteiger partial charge in [-0.1, -0.05) is 6.07 Å². The third kappa shape index (κ3) is 2.82. The third-order valence-electron chi connectivity index (χ3n) is 2.39. The number of rotatable bonds is 4. The van der Waals surface area contributed by atoms with E-state index < -0.39 is 5.97 Å². The first-order valence-corrected chi connectivity index (χ1v) is 5.96. The van der Waals surface area contributed by atoms with Crippen LogP contribution in [0.5, 0.6) is 0 Å². The maximum absolute atomic E-state index is 11.8. The van der Waals surface area contributed by atoms with E-state index >= 15 is 0 Å². The number of nitrogens with zero attached hydrogens (tertiary/aromatic N) is 1. The zero-order valence-corrected chi connectivity index (χ0v) is 9.81. The molecule has 0 saturated carbocycles. The number of thiophene rings is 1. The second-order valence-electron chi connectivity index (χ2n) is 3.64. The van der Waals surface area contributed by atoms with Crippen LogP contribution in [0.4, 0.5) is 0 Å². The van der Waals surface area contributed by atoms with Gasteiger partial charge in [-0.05, 0) is 29.8 Å². The Hall–Kier alpha value is -1.88. The molecule has 0 unspecified atom stereocenters. The lowest BCUT2D eigenvalue weighted by Gasteiger charge is -2.21. The van der Waals surface area contributed by atoms with E-state index in [-0.39, 0.29) is 18.9 Å². The summed E-state index contributed by atoms with van der Waals surface area (Å²) >= 11 is 1.40. The van der Waals surface area contributed by atoms with E-state index in [4.69, 9.17) is 5.11 Å². The molecule has 0 atom stereocenters. The van der Waals surface area contributed by atoms with Crippen LogP contribution in [0.1, 0.15) is 9.67 Å². The SMILES string of the molecule is O=C(O)C1=CC=CN(CC(=O)c2cccs2)C1. The van der Waals surface area contributed by atoms with Crippen LogP contribution in [0.25, 0.3) is 0 Å². The normalized spacial score (nSPS) is 14.6. The van der Waals surface area contributed by atoms with Gasteiger partial charge in [0.15, 0.2) is 5.78 Å². The van der Waals surface area contributed by atoms with E-state index in [0.717, 1.165) is 0 Å². The fraction of sp³-hybridized carbons (Fsp3) is 0.167. The first-order chi connectivity index (χ1) is 8.16. The molecule has 2 rings (SSSR count). The van der Waals surface area contributed by atoms with Gasteiger partial charge in [-0.25, -0.2) is 4.79 Å². The van der Waals surface area contributed by atoms with Gasteiger partial charge in [-0.3, -0.25) is 4.79 Å². The molecule has 1 aromatic heterocycles. The van der Waals surface area contributed by atoms with Gasteiger partial charge in [0, 0.05) is 0 Å². The molecule has 4 nitrogen and oxygen atoms in total. The molecule has 0 aromatic carbocycles.